The third kappa shape index (κ3) is 8.07. The van der Waals surface area contributed by atoms with E-state index in [2.05, 4.69) is 12.7 Å². The van der Waals surface area contributed by atoms with Crippen molar-refractivity contribution in [1.82, 2.24) is 0 Å². The third-order valence-corrected chi connectivity index (χ3v) is 0.569. The number of hydrogen-bond acceptors (Lipinski definition) is 1. The second kappa shape index (κ2) is 6.20. The van der Waals surface area contributed by atoms with Crippen molar-refractivity contribution >= 4 is 0 Å². The monoisotopic (exact) mass is 195 g/mol. The quantitative estimate of drug-likeness (QED) is 0.355. The Balaban J connectivity index is 0. The first-order chi connectivity index (χ1) is 3.66. The van der Waals surface area contributed by atoms with Crippen LogP contribution in [0.5, 0.6) is 0 Å². The molecular formula is C7H8NY-. The molecule has 2 heteroatoms. The molecule has 0 heterocycles. The van der Waals surface area contributed by atoms with Crippen molar-refractivity contribution in [3.8, 4) is 6.07 Å². The number of hydrogen-bond donors (Lipinski definition) is 0. The zero-order chi connectivity index (χ0) is 6.57. The topological polar surface area (TPSA) is 23.8 Å². The molecule has 0 amide bonds. The molecule has 0 spiro atoms. The van der Waals surface area contributed by atoms with Gasteiger partial charge in [0.15, 0.2) is 0 Å². The summed E-state index contributed by atoms with van der Waals surface area (Å²) in [6.07, 6.45) is 2.75. The molecule has 0 bridgehead atoms. The van der Waals surface area contributed by atoms with Crippen molar-refractivity contribution in [1.29, 1.82) is 5.26 Å². The molecule has 0 aromatic rings. The van der Waals surface area contributed by atoms with Gasteiger partial charge >= 0.3 is 0 Å². The molecule has 0 aliphatic rings. The van der Waals surface area contributed by atoms with Crippen LogP contribution in [-0.4, -0.2) is 0 Å². The standard InChI is InChI=1S/C7H8N.Y/c1-6(2)4-7(3)5-8;/h1H2,2-3H3;/q-1;. The molecule has 0 aromatic heterocycles. The fourth-order valence-electron chi connectivity index (χ4n) is 0.348. The van der Waals surface area contributed by atoms with Gasteiger partial charge in [0, 0.05) is 32.7 Å². The van der Waals surface area contributed by atoms with Gasteiger partial charge in [-0.15, -0.1) is 0 Å². The van der Waals surface area contributed by atoms with E-state index in [1.54, 1.807) is 13.8 Å². The van der Waals surface area contributed by atoms with Gasteiger partial charge in [-0.05, 0) is 0 Å². The summed E-state index contributed by atoms with van der Waals surface area (Å²) in [5.74, 6) is 0. The van der Waals surface area contributed by atoms with E-state index < -0.39 is 0 Å². The summed E-state index contributed by atoms with van der Waals surface area (Å²) in [6, 6.07) is 1.94. The molecule has 0 saturated carbocycles. The zero-order valence-electron chi connectivity index (χ0n) is 5.73. The van der Waals surface area contributed by atoms with Crippen LogP contribution in [0.2, 0.25) is 0 Å². The average molecular weight is 195 g/mol. The molecule has 45 valence electrons. The molecule has 0 unspecified atom stereocenters. The van der Waals surface area contributed by atoms with Crippen molar-refractivity contribution < 1.29 is 32.7 Å². The normalized spacial score (nSPS) is 9.22. The molecule has 9 heavy (non-hydrogen) atoms. The fourth-order valence-corrected chi connectivity index (χ4v) is 0.348. The van der Waals surface area contributed by atoms with Crippen LogP contribution in [0.1, 0.15) is 13.8 Å². The van der Waals surface area contributed by atoms with Crippen molar-refractivity contribution in [2.24, 2.45) is 0 Å². The summed E-state index contributed by atoms with van der Waals surface area (Å²) in [5.41, 5.74) is 1.38. The molecule has 0 fully saturated rings. The van der Waals surface area contributed by atoms with Crippen LogP contribution in [0.15, 0.2) is 17.7 Å². The Morgan fingerprint density at radius 3 is 2.11 bits per heavy atom. The minimum absolute atomic E-state index is 0. The molecule has 0 aliphatic carbocycles. The number of rotatable bonds is 1. The van der Waals surface area contributed by atoms with E-state index in [4.69, 9.17) is 5.26 Å². The molecule has 0 aromatic carbocycles. The largest absolute Gasteiger partial charge is 0.284 e. The van der Waals surface area contributed by atoms with Gasteiger partial charge in [0.1, 0.15) is 0 Å². The fraction of sp³-hybridized carbons (Fsp3) is 0.286. The third-order valence-electron chi connectivity index (χ3n) is 0.569. The molecular weight excluding hydrogens is 187 g/mol. The van der Waals surface area contributed by atoms with E-state index in [-0.39, 0.29) is 32.7 Å². The molecule has 0 N–H and O–H groups in total. The summed E-state index contributed by atoms with van der Waals surface area (Å²) in [5, 5.41) is 8.19. The maximum atomic E-state index is 8.19. The van der Waals surface area contributed by atoms with Crippen LogP contribution in [0.25, 0.3) is 0 Å². The Morgan fingerprint density at radius 2 is 2.00 bits per heavy atom. The van der Waals surface area contributed by atoms with Crippen LogP contribution in [0.3, 0.4) is 0 Å². The maximum absolute atomic E-state index is 8.19. The Morgan fingerprint density at radius 1 is 1.56 bits per heavy atom. The molecule has 1 nitrogen and oxygen atoms in total. The Kier molecular flexibility index (Phi) is 8.14. The second-order valence-electron chi connectivity index (χ2n) is 1.64. The summed E-state index contributed by atoms with van der Waals surface area (Å²) < 4.78 is 0. The first-order valence-corrected chi connectivity index (χ1v) is 2.33. The van der Waals surface area contributed by atoms with Crippen molar-refractivity contribution in [2.75, 3.05) is 0 Å². The van der Waals surface area contributed by atoms with Crippen molar-refractivity contribution in [2.45, 2.75) is 13.8 Å². The summed E-state index contributed by atoms with van der Waals surface area (Å²) in [7, 11) is 0. The summed E-state index contributed by atoms with van der Waals surface area (Å²) in [6.45, 7) is 7.07. The SMILES string of the molecule is C=C(C)[C-]=C(C)C#N.[Y]. The molecule has 1 radical (unpaired) electrons. The summed E-state index contributed by atoms with van der Waals surface area (Å²) in [4.78, 5) is 0. The maximum Gasteiger partial charge on any atom is 0 e. The van der Waals surface area contributed by atoms with E-state index in [0.29, 0.717) is 5.57 Å². The van der Waals surface area contributed by atoms with E-state index in [1.807, 2.05) is 6.07 Å². The van der Waals surface area contributed by atoms with Gasteiger partial charge in [-0.3, -0.25) is 5.26 Å². The number of allylic oxidation sites excluding steroid dienone is 3. The molecule has 0 rings (SSSR count). The molecule has 0 saturated heterocycles. The summed E-state index contributed by atoms with van der Waals surface area (Å²) >= 11 is 0. The number of nitrogens with zero attached hydrogens (tertiary/aromatic N) is 1. The first kappa shape index (κ1) is 11.8. The van der Waals surface area contributed by atoms with Gasteiger partial charge in [-0.2, -0.15) is 18.2 Å². The van der Waals surface area contributed by atoms with Gasteiger partial charge in [-0.1, -0.05) is 25.5 Å². The first-order valence-electron chi connectivity index (χ1n) is 2.33. The average Bonchev–Trinajstić information content (AvgIpc) is 1.65. The second-order valence-corrected chi connectivity index (χ2v) is 1.64. The molecule has 0 atom stereocenters. The van der Waals surface area contributed by atoms with Crippen molar-refractivity contribution in [3.63, 3.8) is 0 Å². The van der Waals surface area contributed by atoms with Crippen LogP contribution in [0, 0.1) is 17.4 Å². The number of nitriles is 1. The predicted octanol–water partition coefficient (Wildman–Crippen LogP) is 1.83. The Bertz CT molecular complexity index is 162. The Labute approximate surface area is 81.3 Å². The van der Waals surface area contributed by atoms with E-state index in [0.717, 1.165) is 5.57 Å². The minimum Gasteiger partial charge on any atom is -0.284 e. The minimum atomic E-state index is 0. The van der Waals surface area contributed by atoms with Crippen LogP contribution in [-0.2, 0) is 32.7 Å². The predicted molar refractivity (Wildman–Crippen MR) is 32.9 cm³/mol. The van der Waals surface area contributed by atoms with Gasteiger partial charge in [0.05, 0.1) is 0 Å². The molecule has 0 aliphatic heterocycles. The van der Waals surface area contributed by atoms with Crippen LogP contribution >= 0.6 is 0 Å². The van der Waals surface area contributed by atoms with Crippen molar-refractivity contribution in [3.05, 3.63) is 23.8 Å². The van der Waals surface area contributed by atoms with Gasteiger partial charge in [0.25, 0.3) is 0 Å². The van der Waals surface area contributed by atoms with E-state index in [1.165, 1.54) is 0 Å². The van der Waals surface area contributed by atoms with Gasteiger partial charge in [0.2, 0.25) is 0 Å². The van der Waals surface area contributed by atoms with Gasteiger partial charge in [-0.25, -0.2) is 0 Å². The van der Waals surface area contributed by atoms with Gasteiger partial charge < -0.3 is 0 Å². The van der Waals surface area contributed by atoms with E-state index >= 15 is 0 Å². The smallest absolute Gasteiger partial charge is 0 e. The Hall–Kier alpha value is 0.0739. The van der Waals surface area contributed by atoms with E-state index in [9.17, 15) is 0 Å². The zero-order valence-corrected chi connectivity index (χ0v) is 8.57. The van der Waals surface area contributed by atoms with Crippen LogP contribution in [0.4, 0.5) is 0 Å². The van der Waals surface area contributed by atoms with Crippen LogP contribution < -0.4 is 0 Å².